The van der Waals surface area contributed by atoms with Gasteiger partial charge in [0.15, 0.2) is 0 Å². The van der Waals surface area contributed by atoms with Crippen LogP contribution in [0.3, 0.4) is 0 Å². The van der Waals surface area contributed by atoms with Crippen LogP contribution in [0.25, 0.3) is 0 Å². The lowest BCUT2D eigenvalue weighted by Gasteiger charge is -2.20. The number of carbonyl (C=O) groups excluding carboxylic acids is 1. The number of hydrogen-bond acceptors (Lipinski definition) is 2. The highest BCUT2D eigenvalue weighted by atomic mass is 16.3. The van der Waals surface area contributed by atoms with Crippen molar-refractivity contribution in [1.82, 2.24) is 4.90 Å². The van der Waals surface area contributed by atoms with Gasteiger partial charge in [0.05, 0.1) is 6.10 Å². The van der Waals surface area contributed by atoms with E-state index in [0.29, 0.717) is 11.8 Å². The summed E-state index contributed by atoms with van der Waals surface area (Å²) in [5.74, 6) is 1.51. The van der Waals surface area contributed by atoms with Crippen LogP contribution in [0.1, 0.15) is 26.7 Å². The molecule has 0 aromatic rings. The van der Waals surface area contributed by atoms with Gasteiger partial charge in [-0.15, -0.1) is 0 Å². The largest absolute Gasteiger partial charge is 0.393 e. The minimum Gasteiger partial charge on any atom is -0.393 e. The molecular formula is C11H19NO2. The molecule has 3 atom stereocenters. The van der Waals surface area contributed by atoms with Crippen molar-refractivity contribution >= 4 is 5.91 Å². The van der Waals surface area contributed by atoms with E-state index in [2.05, 4.69) is 0 Å². The first-order valence-corrected chi connectivity index (χ1v) is 5.54. The van der Waals surface area contributed by atoms with E-state index >= 15 is 0 Å². The quantitative estimate of drug-likeness (QED) is 0.677. The molecule has 0 aromatic carbocycles. The first kappa shape index (κ1) is 9.97. The number of aliphatic hydroxyl groups is 1. The average molecular weight is 197 g/mol. The molecular weight excluding hydrogens is 178 g/mol. The Morgan fingerprint density at radius 3 is 2.21 bits per heavy atom. The summed E-state index contributed by atoms with van der Waals surface area (Å²) in [5.41, 5.74) is 0. The summed E-state index contributed by atoms with van der Waals surface area (Å²) < 4.78 is 0. The predicted molar refractivity (Wildman–Crippen MR) is 53.6 cm³/mol. The van der Waals surface area contributed by atoms with Crippen LogP contribution in [0.2, 0.25) is 0 Å². The molecule has 2 aliphatic rings. The number of hydrogen-bond donors (Lipinski definition) is 1. The van der Waals surface area contributed by atoms with Crippen molar-refractivity contribution in [2.24, 2.45) is 17.8 Å². The van der Waals surface area contributed by atoms with E-state index < -0.39 is 0 Å². The number of amides is 1. The van der Waals surface area contributed by atoms with Crippen LogP contribution in [0, 0.1) is 17.8 Å². The van der Waals surface area contributed by atoms with Gasteiger partial charge in [-0.2, -0.15) is 0 Å². The second-order valence-electron chi connectivity index (χ2n) is 5.04. The molecule has 1 aliphatic carbocycles. The number of likely N-dealkylation sites (tertiary alicyclic amines) is 1. The highest BCUT2D eigenvalue weighted by Crippen LogP contribution is 2.38. The fraction of sp³-hybridized carbons (Fsp3) is 0.909. The van der Waals surface area contributed by atoms with Gasteiger partial charge in [-0.25, -0.2) is 0 Å². The second kappa shape index (κ2) is 3.54. The Labute approximate surface area is 85.1 Å². The highest BCUT2D eigenvalue weighted by Gasteiger charge is 2.41. The Bertz CT molecular complexity index is 225. The SMILES string of the molecule is CC(C)C(=O)N1C[C@H]2CC(O)C[C@H]2C1. The first-order chi connectivity index (χ1) is 6.58. The zero-order chi connectivity index (χ0) is 10.3. The van der Waals surface area contributed by atoms with Crippen LogP contribution in [0.5, 0.6) is 0 Å². The van der Waals surface area contributed by atoms with Crippen molar-refractivity contribution in [3.63, 3.8) is 0 Å². The zero-order valence-electron chi connectivity index (χ0n) is 8.94. The van der Waals surface area contributed by atoms with Crippen LogP contribution < -0.4 is 0 Å². The third kappa shape index (κ3) is 1.65. The molecule has 2 fully saturated rings. The van der Waals surface area contributed by atoms with Crippen molar-refractivity contribution in [3.05, 3.63) is 0 Å². The van der Waals surface area contributed by atoms with Gasteiger partial charge in [0.2, 0.25) is 5.91 Å². The molecule has 80 valence electrons. The fourth-order valence-corrected chi connectivity index (χ4v) is 2.81. The fourth-order valence-electron chi connectivity index (χ4n) is 2.81. The maximum absolute atomic E-state index is 11.7. The number of nitrogens with zero attached hydrogens (tertiary/aromatic N) is 1. The molecule has 1 amide bonds. The molecule has 2 rings (SSSR count). The molecule has 1 aliphatic heterocycles. The standard InChI is InChI=1S/C11H19NO2/c1-7(2)11(14)12-5-8-3-10(13)4-9(8)6-12/h7-10,13H,3-6H2,1-2H3/t8-,9+,10?. The Morgan fingerprint density at radius 2 is 1.79 bits per heavy atom. The van der Waals surface area contributed by atoms with E-state index in [1.54, 1.807) is 0 Å². The van der Waals surface area contributed by atoms with Crippen molar-refractivity contribution in [2.75, 3.05) is 13.1 Å². The van der Waals surface area contributed by atoms with Crippen LogP contribution in [-0.2, 0) is 4.79 Å². The van der Waals surface area contributed by atoms with Crippen molar-refractivity contribution in [2.45, 2.75) is 32.8 Å². The van der Waals surface area contributed by atoms with Crippen LogP contribution in [0.15, 0.2) is 0 Å². The maximum atomic E-state index is 11.7. The summed E-state index contributed by atoms with van der Waals surface area (Å²) in [7, 11) is 0. The summed E-state index contributed by atoms with van der Waals surface area (Å²) in [6, 6.07) is 0. The van der Waals surface area contributed by atoms with Crippen LogP contribution in [0.4, 0.5) is 0 Å². The van der Waals surface area contributed by atoms with Gasteiger partial charge >= 0.3 is 0 Å². The molecule has 0 radical (unpaired) electrons. The minimum atomic E-state index is -0.110. The number of rotatable bonds is 1. The topological polar surface area (TPSA) is 40.5 Å². The summed E-state index contributed by atoms with van der Waals surface area (Å²) in [5, 5.41) is 9.47. The summed E-state index contributed by atoms with van der Waals surface area (Å²) >= 11 is 0. The molecule has 14 heavy (non-hydrogen) atoms. The number of aliphatic hydroxyl groups excluding tert-OH is 1. The molecule has 1 unspecified atom stereocenters. The zero-order valence-corrected chi connectivity index (χ0v) is 8.94. The molecule has 1 heterocycles. The third-order valence-electron chi connectivity index (χ3n) is 3.53. The van der Waals surface area contributed by atoms with Crippen LogP contribution >= 0.6 is 0 Å². The molecule has 3 heteroatoms. The van der Waals surface area contributed by atoms with E-state index in [9.17, 15) is 9.90 Å². The summed E-state index contributed by atoms with van der Waals surface area (Å²) in [6.45, 7) is 5.65. The smallest absolute Gasteiger partial charge is 0.225 e. The lowest BCUT2D eigenvalue weighted by molar-refractivity contribution is -0.133. The van der Waals surface area contributed by atoms with Gasteiger partial charge < -0.3 is 10.0 Å². The molecule has 0 aromatic heterocycles. The number of carbonyl (C=O) groups is 1. The molecule has 1 saturated heterocycles. The second-order valence-corrected chi connectivity index (χ2v) is 5.04. The van der Waals surface area contributed by atoms with Gasteiger partial charge in [0.1, 0.15) is 0 Å². The van der Waals surface area contributed by atoms with Crippen molar-refractivity contribution in [3.8, 4) is 0 Å². The van der Waals surface area contributed by atoms with Crippen molar-refractivity contribution < 1.29 is 9.90 Å². The van der Waals surface area contributed by atoms with Gasteiger partial charge in [-0.1, -0.05) is 13.8 Å². The Kier molecular flexibility index (Phi) is 2.52. The summed E-state index contributed by atoms with van der Waals surface area (Å²) in [4.78, 5) is 13.7. The molecule has 1 saturated carbocycles. The van der Waals surface area contributed by atoms with Crippen LogP contribution in [-0.4, -0.2) is 35.1 Å². The van der Waals surface area contributed by atoms with E-state index in [0.717, 1.165) is 25.9 Å². The monoisotopic (exact) mass is 197 g/mol. The van der Waals surface area contributed by atoms with E-state index in [1.165, 1.54) is 0 Å². The van der Waals surface area contributed by atoms with E-state index in [4.69, 9.17) is 0 Å². The molecule has 0 bridgehead atoms. The third-order valence-corrected chi connectivity index (χ3v) is 3.53. The number of fused-ring (bicyclic) bond motifs is 1. The highest BCUT2D eigenvalue weighted by molar-refractivity contribution is 5.78. The Morgan fingerprint density at radius 1 is 1.29 bits per heavy atom. The van der Waals surface area contributed by atoms with Gasteiger partial charge in [0, 0.05) is 19.0 Å². The maximum Gasteiger partial charge on any atom is 0.225 e. The normalized spacial score (nSPS) is 36.6. The minimum absolute atomic E-state index is 0.110. The average Bonchev–Trinajstić information content (AvgIpc) is 2.59. The van der Waals surface area contributed by atoms with Crippen molar-refractivity contribution in [1.29, 1.82) is 0 Å². The lowest BCUT2D eigenvalue weighted by Crippen LogP contribution is -2.33. The lowest BCUT2D eigenvalue weighted by atomic mass is 10.0. The first-order valence-electron chi connectivity index (χ1n) is 5.54. The Balaban J connectivity index is 1.94. The van der Waals surface area contributed by atoms with Gasteiger partial charge in [0.25, 0.3) is 0 Å². The van der Waals surface area contributed by atoms with Gasteiger partial charge in [-0.3, -0.25) is 4.79 Å². The van der Waals surface area contributed by atoms with Gasteiger partial charge in [-0.05, 0) is 24.7 Å². The van der Waals surface area contributed by atoms with E-state index in [1.807, 2.05) is 18.7 Å². The summed E-state index contributed by atoms with van der Waals surface area (Å²) in [6.07, 6.45) is 1.68. The molecule has 0 spiro atoms. The van der Waals surface area contributed by atoms with E-state index in [-0.39, 0.29) is 17.9 Å². The predicted octanol–water partition coefficient (Wildman–Crippen LogP) is 0.872. The Hall–Kier alpha value is -0.570. The molecule has 3 nitrogen and oxygen atoms in total. The molecule has 1 N–H and O–H groups in total.